The summed E-state index contributed by atoms with van der Waals surface area (Å²) < 4.78 is 22.6. The van der Waals surface area contributed by atoms with E-state index in [1.54, 1.807) is 37.3 Å². The zero-order valence-electron chi connectivity index (χ0n) is 30.1. The summed E-state index contributed by atoms with van der Waals surface area (Å²) in [6.07, 6.45) is 12.1. The number of likely N-dealkylation sites (tertiary alicyclic amines) is 1. The fourth-order valence-corrected chi connectivity index (χ4v) is 7.90. The first kappa shape index (κ1) is 38.0. The van der Waals surface area contributed by atoms with Gasteiger partial charge in [-0.2, -0.15) is 0 Å². The van der Waals surface area contributed by atoms with Crippen molar-refractivity contribution in [2.45, 2.75) is 114 Å². The molecule has 1 heterocycles. The van der Waals surface area contributed by atoms with Crippen molar-refractivity contribution in [2.75, 3.05) is 27.4 Å². The van der Waals surface area contributed by atoms with Crippen molar-refractivity contribution in [3.8, 4) is 17.2 Å². The normalized spacial score (nSPS) is 19.7. The van der Waals surface area contributed by atoms with Gasteiger partial charge in [-0.1, -0.05) is 56.7 Å². The first-order chi connectivity index (χ1) is 24.8. The van der Waals surface area contributed by atoms with E-state index >= 15 is 0 Å². The van der Waals surface area contributed by atoms with E-state index in [-0.39, 0.29) is 23.7 Å². The molecule has 11 heteroatoms. The van der Waals surface area contributed by atoms with Crippen molar-refractivity contribution in [1.82, 2.24) is 10.2 Å². The lowest BCUT2D eigenvalue weighted by molar-refractivity contribution is -0.163. The molecular weight excluding hydrogens is 652 g/mol. The highest BCUT2D eigenvalue weighted by Crippen LogP contribution is 2.34. The Morgan fingerprint density at radius 2 is 1.55 bits per heavy atom. The number of aryl methyl sites for hydroxylation is 1. The van der Waals surface area contributed by atoms with Gasteiger partial charge in [-0.25, -0.2) is 9.59 Å². The maximum atomic E-state index is 14.5. The van der Waals surface area contributed by atoms with Crippen LogP contribution in [0.5, 0.6) is 17.2 Å². The number of hydrogen-bond acceptors (Lipinski definition) is 8. The molecule has 51 heavy (non-hydrogen) atoms. The van der Waals surface area contributed by atoms with Gasteiger partial charge in [0.15, 0.2) is 18.1 Å². The maximum Gasteiger partial charge on any atom is 0.341 e. The van der Waals surface area contributed by atoms with E-state index in [2.05, 4.69) is 5.32 Å². The van der Waals surface area contributed by atoms with Crippen LogP contribution in [0, 0.1) is 11.8 Å². The van der Waals surface area contributed by atoms with Gasteiger partial charge in [0.2, 0.25) is 11.8 Å². The number of rotatable bonds is 15. The summed E-state index contributed by atoms with van der Waals surface area (Å²) >= 11 is 0. The summed E-state index contributed by atoms with van der Waals surface area (Å²) in [5, 5.41) is 12.3. The predicted molar refractivity (Wildman–Crippen MR) is 191 cm³/mol. The Morgan fingerprint density at radius 3 is 2.25 bits per heavy atom. The molecule has 1 aliphatic heterocycles. The number of esters is 1. The molecule has 2 aromatic carbocycles. The van der Waals surface area contributed by atoms with Crippen LogP contribution in [-0.4, -0.2) is 73.2 Å². The van der Waals surface area contributed by atoms with E-state index in [9.17, 15) is 19.2 Å². The van der Waals surface area contributed by atoms with Crippen LogP contribution in [0.2, 0.25) is 0 Å². The van der Waals surface area contributed by atoms with E-state index in [0.29, 0.717) is 48.6 Å². The van der Waals surface area contributed by atoms with Crippen LogP contribution in [0.1, 0.15) is 107 Å². The molecule has 3 atom stereocenters. The minimum absolute atomic E-state index is 0.0324. The third-order valence-corrected chi connectivity index (χ3v) is 10.7. The first-order valence-electron chi connectivity index (χ1n) is 18.7. The molecule has 0 aromatic heterocycles. The highest BCUT2D eigenvalue weighted by atomic mass is 16.5. The van der Waals surface area contributed by atoms with Crippen LogP contribution in [0.15, 0.2) is 42.5 Å². The number of nitrogens with one attached hydrogen (secondary N) is 1. The smallest absolute Gasteiger partial charge is 0.341 e. The Balaban J connectivity index is 1.36. The molecule has 5 rings (SSSR count). The molecule has 1 saturated heterocycles. The number of carboxylic acids is 1. The summed E-state index contributed by atoms with van der Waals surface area (Å²) in [6, 6.07) is 11.1. The molecule has 278 valence electrons. The second-order valence-electron chi connectivity index (χ2n) is 14.2. The summed E-state index contributed by atoms with van der Waals surface area (Å²) in [5.41, 5.74) is 1.60. The van der Waals surface area contributed by atoms with Crippen molar-refractivity contribution < 1.29 is 43.2 Å². The molecule has 0 bridgehead atoms. The topological polar surface area (TPSA) is 141 Å². The van der Waals surface area contributed by atoms with Gasteiger partial charge in [0.05, 0.1) is 14.2 Å². The average molecular weight is 707 g/mol. The Hall–Kier alpha value is -4.28. The maximum absolute atomic E-state index is 14.5. The largest absolute Gasteiger partial charge is 0.493 e. The summed E-state index contributed by atoms with van der Waals surface area (Å²) in [5.74, 6) is -0.280. The minimum Gasteiger partial charge on any atom is -0.493 e. The molecule has 2 saturated carbocycles. The predicted octanol–water partition coefficient (Wildman–Crippen LogP) is 6.41. The number of ether oxygens (including phenoxy) is 4. The molecule has 3 unspecified atom stereocenters. The Labute approximate surface area is 301 Å². The Morgan fingerprint density at radius 1 is 0.843 bits per heavy atom. The lowest BCUT2D eigenvalue weighted by Gasteiger charge is -2.40. The molecule has 0 spiro atoms. The molecule has 0 radical (unpaired) electrons. The summed E-state index contributed by atoms with van der Waals surface area (Å²) in [6.45, 7) is -0.0753. The third kappa shape index (κ3) is 10.4. The van der Waals surface area contributed by atoms with Crippen molar-refractivity contribution in [3.05, 3.63) is 53.6 Å². The van der Waals surface area contributed by atoms with Gasteiger partial charge in [-0.05, 0) is 99.1 Å². The second-order valence-corrected chi connectivity index (χ2v) is 14.2. The van der Waals surface area contributed by atoms with Crippen LogP contribution in [0.3, 0.4) is 0 Å². The van der Waals surface area contributed by atoms with Crippen LogP contribution < -0.4 is 19.5 Å². The highest BCUT2D eigenvalue weighted by molar-refractivity contribution is 5.91. The van der Waals surface area contributed by atoms with Crippen molar-refractivity contribution >= 4 is 23.8 Å². The summed E-state index contributed by atoms with van der Waals surface area (Å²) in [4.78, 5) is 55.1. The Kier molecular flexibility index (Phi) is 14.0. The SMILES string of the molecule is COc1ccc(CCC(OC(=O)C2CCCCN2C(=O)C(NC(=O)C2CCCCC2)C2CCCCC2)c2cccc(OCC(=O)O)c2)cc1OC. The monoisotopic (exact) mass is 706 g/mol. The first-order valence-corrected chi connectivity index (χ1v) is 18.7. The van der Waals surface area contributed by atoms with Gasteiger partial charge in [0.1, 0.15) is 23.9 Å². The fourth-order valence-electron chi connectivity index (χ4n) is 7.90. The van der Waals surface area contributed by atoms with Crippen molar-refractivity contribution in [1.29, 1.82) is 0 Å². The number of carboxylic acid groups (broad SMARTS) is 1. The quantitative estimate of drug-likeness (QED) is 0.201. The lowest BCUT2D eigenvalue weighted by atomic mass is 9.82. The molecule has 2 aromatic rings. The van der Waals surface area contributed by atoms with Gasteiger partial charge in [-0.3, -0.25) is 9.59 Å². The fraction of sp³-hybridized carbons (Fsp3) is 0.600. The molecule has 2 amide bonds. The van der Waals surface area contributed by atoms with E-state index in [1.807, 2.05) is 24.3 Å². The number of amides is 2. The molecule has 3 fully saturated rings. The number of piperidine rings is 1. The molecular formula is C40H54N2O9. The number of benzene rings is 2. The number of carbonyl (C=O) groups is 4. The number of carbonyl (C=O) groups excluding carboxylic acids is 3. The molecule has 2 aliphatic carbocycles. The number of aliphatic carboxylic acids is 1. The number of hydrogen-bond donors (Lipinski definition) is 2. The minimum atomic E-state index is -1.10. The van der Waals surface area contributed by atoms with E-state index in [4.69, 9.17) is 24.1 Å². The number of methoxy groups -OCH3 is 2. The van der Waals surface area contributed by atoms with E-state index < -0.39 is 36.7 Å². The van der Waals surface area contributed by atoms with Gasteiger partial charge in [-0.15, -0.1) is 0 Å². The molecule has 11 nitrogen and oxygen atoms in total. The van der Waals surface area contributed by atoms with Gasteiger partial charge < -0.3 is 34.3 Å². The van der Waals surface area contributed by atoms with Gasteiger partial charge >= 0.3 is 11.9 Å². The zero-order valence-corrected chi connectivity index (χ0v) is 30.1. The molecule has 3 aliphatic rings. The van der Waals surface area contributed by atoms with Crippen LogP contribution in [-0.2, 0) is 30.3 Å². The lowest BCUT2D eigenvalue weighted by Crippen LogP contribution is -2.58. The highest BCUT2D eigenvalue weighted by Gasteiger charge is 2.41. The second kappa shape index (κ2) is 18.8. The Bertz CT molecular complexity index is 1480. The van der Waals surface area contributed by atoms with Crippen molar-refractivity contribution in [3.63, 3.8) is 0 Å². The van der Waals surface area contributed by atoms with E-state index in [1.165, 1.54) is 0 Å². The zero-order chi connectivity index (χ0) is 36.2. The average Bonchev–Trinajstić information content (AvgIpc) is 3.17. The summed E-state index contributed by atoms with van der Waals surface area (Å²) in [7, 11) is 3.15. The molecule has 2 N–H and O–H groups in total. The third-order valence-electron chi connectivity index (χ3n) is 10.7. The van der Waals surface area contributed by atoms with Crippen molar-refractivity contribution in [2.24, 2.45) is 11.8 Å². The van der Waals surface area contributed by atoms with Crippen LogP contribution in [0.25, 0.3) is 0 Å². The number of nitrogens with zero attached hydrogens (tertiary/aromatic N) is 1. The van der Waals surface area contributed by atoms with Crippen LogP contribution in [0.4, 0.5) is 0 Å². The standard InChI is InChI=1S/C40H54N2O9/c1-48-34-22-20-27(24-35(34)49-2)19-21-33(30-16-11-17-31(25-30)50-26-36(43)44)51-40(47)32-18-9-10-23-42(32)39(46)37(28-12-5-3-6-13-28)41-38(45)29-14-7-4-8-15-29/h11,16-17,20,22,24-25,28-29,32-33,37H,3-10,12-15,18-19,21,23,26H2,1-2H3,(H,41,45)(H,43,44). The van der Waals surface area contributed by atoms with Crippen LogP contribution >= 0.6 is 0 Å². The van der Waals surface area contributed by atoms with Gasteiger partial charge in [0, 0.05) is 12.5 Å². The van der Waals surface area contributed by atoms with Gasteiger partial charge in [0.25, 0.3) is 0 Å². The van der Waals surface area contributed by atoms with E-state index in [0.717, 1.165) is 82.6 Å².